The van der Waals surface area contributed by atoms with Gasteiger partial charge in [-0.25, -0.2) is 4.79 Å². The van der Waals surface area contributed by atoms with Gasteiger partial charge < -0.3 is 15.4 Å². The second-order valence-corrected chi connectivity index (χ2v) is 3.95. The van der Waals surface area contributed by atoms with E-state index in [2.05, 4.69) is 0 Å². The third-order valence-corrected chi connectivity index (χ3v) is 2.72. The molecule has 4 heteroatoms. The Bertz CT molecular complexity index is 197. The van der Waals surface area contributed by atoms with Gasteiger partial charge in [-0.05, 0) is 32.6 Å². The van der Waals surface area contributed by atoms with E-state index in [0.29, 0.717) is 6.54 Å². The van der Waals surface area contributed by atoms with Gasteiger partial charge in [0.2, 0.25) is 0 Å². The number of carbonyl (C=O) groups is 1. The highest BCUT2D eigenvalue weighted by Crippen LogP contribution is 2.20. The number of hydrogen-bond acceptors (Lipinski definition) is 3. The minimum atomic E-state index is -0.230. The molecule has 1 saturated carbocycles. The molecule has 0 spiro atoms. The maximum absolute atomic E-state index is 11.4. The monoisotopic (exact) mass is 200 g/mol. The zero-order valence-electron chi connectivity index (χ0n) is 9.03. The lowest BCUT2D eigenvalue weighted by Crippen LogP contribution is -2.37. The number of rotatable bonds is 2. The summed E-state index contributed by atoms with van der Waals surface area (Å²) in [7, 11) is 1.74. The summed E-state index contributed by atoms with van der Waals surface area (Å²) < 4.78 is 5.32. The van der Waals surface area contributed by atoms with Crippen molar-refractivity contribution >= 4 is 6.09 Å². The third kappa shape index (κ3) is 3.18. The van der Waals surface area contributed by atoms with Crippen molar-refractivity contribution < 1.29 is 9.53 Å². The van der Waals surface area contributed by atoms with Crippen LogP contribution in [0.4, 0.5) is 4.79 Å². The first kappa shape index (κ1) is 11.3. The van der Waals surface area contributed by atoms with Crippen LogP contribution in [0.2, 0.25) is 0 Å². The fourth-order valence-electron chi connectivity index (χ4n) is 1.65. The molecule has 0 radical (unpaired) electrons. The van der Waals surface area contributed by atoms with Crippen LogP contribution in [0.15, 0.2) is 0 Å². The molecule has 4 nitrogen and oxygen atoms in total. The molecule has 82 valence electrons. The summed E-state index contributed by atoms with van der Waals surface area (Å²) in [4.78, 5) is 13.0. The summed E-state index contributed by atoms with van der Waals surface area (Å²) in [5.41, 5.74) is 5.80. The van der Waals surface area contributed by atoms with Gasteiger partial charge in [0.15, 0.2) is 0 Å². The molecule has 2 N–H and O–H groups in total. The van der Waals surface area contributed by atoms with E-state index >= 15 is 0 Å². The summed E-state index contributed by atoms with van der Waals surface area (Å²) in [6.45, 7) is 2.60. The van der Waals surface area contributed by atoms with Crippen LogP contribution in [-0.2, 0) is 4.74 Å². The summed E-state index contributed by atoms with van der Waals surface area (Å²) in [6.07, 6.45) is 3.68. The first-order valence-electron chi connectivity index (χ1n) is 5.30. The van der Waals surface area contributed by atoms with Gasteiger partial charge in [0.1, 0.15) is 6.10 Å². The topological polar surface area (TPSA) is 55.6 Å². The predicted octanol–water partition coefficient (Wildman–Crippen LogP) is 1.34. The minimum absolute atomic E-state index is 0.0280. The van der Waals surface area contributed by atoms with Crippen molar-refractivity contribution in [3.05, 3.63) is 0 Å². The zero-order chi connectivity index (χ0) is 10.6. The lowest BCUT2D eigenvalue weighted by Gasteiger charge is -2.27. The van der Waals surface area contributed by atoms with Gasteiger partial charge in [-0.1, -0.05) is 0 Å². The molecule has 0 aromatic heterocycles. The quantitative estimate of drug-likeness (QED) is 0.732. The Balaban J connectivity index is 2.32. The Kier molecular flexibility index (Phi) is 4.20. The number of ether oxygens (including phenoxy) is 1. The van der Waals surface area contributed by atoms with Crippen molar-refractivity contribution in [2.45, 2.75) is 44.8 Å². The summed E-state index contributed by atoms with van der Waals surface area (Å²) >= 11 is 0. The summed E-state index contributed by atoms with van der Waals surface area (Å²) in [5.74, 6) is 0. The van der Waals surface area contributed by atoms with Crippen molar-refractivity contribution in [2.75, 3.05) is 13.6 Å². The first-order chi connectivity index (χ1) is 6.63. The fraction of sp³-hybridized carbons (Fsp3) is 0.900. The van der Waals surface area contributed by atoms with Crippen LogP contribution in [0.5, 0.6) is 0 Å². The summed E-state index contributed by atoms with van der Waals surface area (Å²) in [6, 6.07) is 0.202. The molecule has 1 amide bonds. The zero-order valence-corrected chi connectivity index (χ0v) is 9.03. The molecule has 1 rings (SSSR count). The van der Waals surface area contributed by atoms with E-state index in [1.54, 1.807) is 11.9 Å². The van der Waals surface area contributed by atoms with Crippen LogP contribution in [0.1, 0.15) is 32.6 Å². The SMILES string of the molecule is CCN(C)C(=O)OC1CCCC(N)C1. The largest absolute Gasteiger partial charge is 0.446 e. The Morgan fingerprint density at radius 2 is 2.29 bits per heavy atom. The average molecular weight is 200 g/mol. The van der Waals surface area contributed by atoms with E-state index in [1.165, 1.54) is 0 Å². The molecular formula is C10H20N2O2. The van der Waals surface area contributed by atoms with Crippen molar-refractivity contribution in [3.8, 4) is 0 Å². The van der Waals surface area contributed by atoms with Gasteiger partial charge in [0.25, 0.3) is 0 Å². The molecule has 2 unspecified atom stereocenters. The van der Waals surface area contributed by atoms with Crippen molar-refractivity contribution in [1.29, 1.82) is 0 Å². The Hall–Kier alpha value is -0.770. The van der Waals surface area contributed by atoms with Crippen LogP contribution in [0.3, 0.4) is 0 Å². The van der Waals surface area contributed by atoms with Gasteiger partial charge in [0, 0.05) is 19.6 Å². The van der Waals surface area contributed by atoms with Crippen LogP contribution in [0, 0.1) is 0 Å². The molecule has 1 fully saturated rings. The van der Waals surface area contributed by atoms with E-state index in [4.69, 9.17) is 10.5 Å². The molecule has 1 aliphatic carbocycles. The highest BCUT2D eigenvalue weighted by atomic mass is 16.6. The van der Waals surface area contributed by atoms with E-state index < -0.39 is 0 Å². The van der Waals surface area contributed by atoms with Gasteiger partial charge in [-0.3, -0.25) is 0 Å². The molecule has 0 saturated heterocycles. The molecular weight excluding hydrogens is 180 g/mol. The number of nitrogens with zero attached hydrogens (tertiary/aromatic N) is 1. The van der Waals surface area contributed by atoms with E-state index in [-0.39, 0.29) is 18.2 Å². The van der Waals surface area contributed by atoms with E-state index in [1.807, 2.05) is 6.92 Å². The maximum atomic E-state index is 11.4. The van der Waals surface area contributed by atoms with Gasteiger partial charge in [-0.15, -0.1) is 0 Å². The molecule has 1 aliphatic rings. The van der Waals surface area contributed by atoms with Crippen LogP contribution >= 0.6 is 0 Å². The van der Waals surface area contributed by atoms with Crippen molar-refractivity contribution in [2.24, 2.45) is 5.73 Å². The van der Waals surface area contributed by atoms with Gasteiger partial charge in [-0.2, -0.15) is 0 Å². The van der Waals surface area contributed by atoms with Crippen molar-refractivity contribution in [1.82, 2.24) is 4.90 Å². The number of nitrogens with two attached hydrogens (primary N) is 1. The van der Waals surface area contributed by atoms with Crippen molar-refractivity contribution in [3.63, 3.8) is 0 Å². The number of amides is 1. The minimum Gasteiger partial charge on any atom is -0.446 e. The van der Waals surface area contributed by atoms with Crippen LogP contribution < -0.4 is 5.73 Å². The highest BCUT2D eigenvalue weighted by molar-refractivity contribution is 5.67. The Morgan fingerprint density at radius 1 is 1.57 bits per heavy atom. The Labute approximate surface area is 85.4 Å². The highest BCUT2D eigenvalue weighted by Gasteiger charge is 2.23. The van der Waals surface area contributed by atoms with Crippen LogP contribution in [-0.4, -0.2) is 36.7 Å². The number of hydrogen-bond donors (Lipinski definition) is 1. The second-order valence-electron chi connectivity index (χ2n) is 3.95. The maximum Gasteiger partial charge on any atom is 0.409 e. The predicted molar refractivity (Wildman–Crippen MR) is 55.0 cm³/mol. The smallest absolute Gasteiger partial charge is 0.409 e. The number of carbonyl (C=O) groups excluding carboxylic acids is 1. The summed E-state index contributed by atoms with van der Waals surface area (Å²) in [5, 5.41) is 0. The van der Waals surface area contributed by atoms with Gasteiger partial charge >= 0.3 is 6.09 Å². The molecule has 0 aliphatic heterocycles. The van der Waals surface area contributed by atoms with Crippen LogP contribution in [0.25, 0.3) is 0 Å². The van der Waals surface area contributed by atoms with E-state index in [0.717, 1.165) is 25.7 Å². The van der Waals surface area contributed by atoms with Gasteiger partial charge in [0.05, 0.1) is 0 Å². The molecule has 0 aromatic rings. The lowest BCUT2D eigenvalue weighted by molar-refractivity contribution is 0.0484. The van der Waals surface area contributed by atoms with E-state index in [9.17, 15) is 4.79 Å². The fourth-order valence-corrected chi connectivity index (χ4v) is 1.65. The Morgan fingerprint density at radius 3 is 2.86 bits per heavy atom. The third-order valence-electron chi connectivity index (χ3n) is 2.72. The molecule has 2 atom stereocenters. The standard InChI is InChI=1S/C10H20N2O2/c1-3-12(2)10(13)14-9-6-4-5-8(11)7-9/h8-9H,3-7,11H2,1-2H3. The molecule has 0 aromatic carbocycles. The normalized spacial score (nSPS) is 27.1. The molecule has 0 heterocycles. The molecule has 0 bridgehead atoms. The molecule has 14 heavy (non-hydrogen) atoms. The second kappa shape index (κ2) is 5.20. The first-order valence-corrected chi connectivity index (χ1v) is 5.30. The average Bonchev–Trinajstić information content (AvgIpc) is 2.16. The lowest BCUT2D eigenvalue weighted by atomic mass is 9.94.